The van der Waals surface area contributed by atoms with Gasteiger partial charge in [-0.05, 0) is 30.5 Å². The van der Waals surface area contributed by atoms with E-state index in [0.717, 1.165) is 0 Å². The van der Waals surface area contributed by atoms with E-state index in [1.807, 2.05) is 0 Å². The second-order valence-electron chi connectivity index (χ2n) is 8.45. The summed E-state index contributed by atoms with van der Waals surface area (Å²) in [4.78, 5) is 43.1. The zero-order chi connectivity index (χ0) is 27.5. The quantitative estimate of drug-likeness (QED) is 0.309. The first-order chi connectivity index (χ1) is 18.9. The molecule has 11 nitrogen and oxygen atoms in total. The van der Waals surface area contributed by atoms with Crippen molar-refractivity contribution in [3.8, 4) is 6.07 Å². The Morgan fingerprint density at radius 2 is 2.08 bits per heavy atom. The molecule has 1 aliphatic heterocycles. The summed E-state index contributed by atoms with van der Waals surface area (Å²) in [6, 6.07) is 8.82. The number of ketones is 1. The Hall–Kier alpha value is -4.06. The van der Waals surface area contributed by atoms with Crippen LogP contribution in [0.5, 0.6) is 0 Å². The maximum absolute atomic E-state index is 13.3. The van der Waals surface area contributed by atoms with Gasteiger partial charge in [0.1, 0.15) is 5.82 Å². The van der Waals surface area contributed by atoms with Crippen molar-refractivity contribution in [3.05, 3.63) is 69.6 Å². The number of thioether (sulfide) groups is 1. The number of nitrogens with two attached hydrogens (primary N) is 1. The number of amides is 1. The monoisotopic (exact) mass is 579 g/mol. The second-order valence-corrected chi connectivity index (χ2v) is 11.5. The van der Waals surface area contributed by atoms with E-state index >= 15 is 0 Å². The van der Waals surface area contributed by atoms with Crippen LogP contribution >= 0.6 is 34.4 Å². The minimum Gasteiger partial charge on any atom is -0.465 e. The molecule has 3 N–H and O–H groups in total. The number of nitrogens with one attached hydrogen (secondary N) is 1. The number of allylic oxidation sites excluding steroid dienone is 3. The maximum Gasteiger partial charge on any atom is 0.337 e. The molecule has 14 heteroatoms. The SMILES string of the molecule is COC(=O)c1ccc(C2C(C#N)=C(N)N(c3nnc(SCC(=O)Nc4nccs4)s3)C3=C2C(=O)CCC3)cc1. The zero-order valence-corrected chi connectivity index (χ0v) is 23.0. The minimum atomic E-state index is -0.669. The van der Waals surface area contributed by atoms with Gasteiger partial charge in [0.25, 0.3) is 0 Å². The average molecular weight is 580 g/mol. The molecule has 1 atom stereocenters. The van der Waals surface area contributed by atoms with E-state index in [-0.39, 0.29) is 28.8 Å². The molecular formula is C25H21N7O4S3. The number of hydrogen-bond donors (Lipinski definition) is 2. The molecule has 0 spiro atoms. The topological polar surface area (TPSA) is 164 Å². The van der Waals surface area contributed by atoms with Gasteiger partial charge in [0.2, 0.25) is 11.0 Å². The highest BCUT2D eigenvalue weighted by atomic mass is 32.2. The number of carbonyl (C=O) groups excluding carboxylic acids is 3. The van der Waals surface area contributed by atoms with Crippen LogP contribution in [0.1, 0.15) is 41.1 Å². The number of esters is 1. The number of carbonyl (C=O) groups is 3. The Morgan fingerprint density at radius 3 is 2.77 bits per heavy atom. The van der Waals surface area contributed by atoms with Crippen LogP contribution in [0.4, 0.5) is 10.3 Å². The van der Waals surface area contributed by atoms with Gasteiger partial charge >= 0.3 is 5.97 Å². The van der Waals surface area contributed by atoms with E-state index < -0.39 is 11.9 Å². The van der Waals surface area contributed by atoms with Crippen LogP contribution in [-0.4, -0.2) is 45.7 Å². The molecule has 0 bridgehead atoms. The van der Waals surface area contributed by atoms with Crippen LogP contribution in [0.2, 0.25) is 0 Å². The highest BCUT2D eigenvalue weighted by molar-refractivity contribution is 8.01. The third-order valence-electron chi connectivity index (χ3n) is 6.17. The van der Waals surface area contributed by atoms with Crippen molar-refractivity contribution >= 4 is 62.4 Å². The number of anilines is 2. The number of rotatable bonds is 7. The molecule has 1 amide bonds. The smallest absolute Gasteiger partial charge is 0.337 e. The van der Waals surface area contributed by atoms with Crippen LogP contribution in [0.3, 0.4) is 0 Å². The Bertz CT molecular complexity index is 1540. The Kier molecular flexibility index (Phi) is 7.73. The largest absolute Gasteiger partial charge is 0.465 e. The van der Waals surface area contributed by atoms with E-state index in [9.17, 15) is 19.6 Å². The lowest BCUT2D eigenvalue weighted by Gasteiger charge is -2.38. The van der Waals surface area contributed by atoms with Crippen molar-refractivity contribution in [2.75, 3.05) is 23.1 Å². The lowest BCUT2D eigenvalue weighted by molar-refractivity contribution is -0.116. The van der Waals surface area contributed by atoms with Gasteiger partial charge in [0.15, 0.2) is 15.3 Å². The van der Waals surface area contributed by atoms with Gasteiger partial charge in [-0.25, -0.2) is 9.78 Å². The van der Waals surface area contributed by atoms with Gasteiger partial charge in [-0.2, -0.15) is 5.26 Å². The molecule has 198 valence electrons. The standard InChI is InChI=1S/C25H21N7O4S3/c1-36-22(35)14-7-5-13(6-8-14)19-15(11-26)21(27)32(16-3-2-4-17(33)20(16)19)24-30-31-25(39-24)38-12-18(34)29-23-28-9-10-37-23/h5-10,19H,2-4,12,27H2,1H3,(H,28,29,34). The molecule has 1 aliphatic carbocycles. The van der Waals surface area contributed by atoms with E-state index in [0.29, 0.717) is 56.3 Å². The van der Waals surface area contributed by atoms with Gasteiger partial charge in [0.05, 0.1) is 36.0 Å². The number of aromatic nitrogens is 3. The summed E-state index contributed by atoms with van der Waals surface area (Å²) in [5.74, 6) is -1.16. The molecule has 3 aromatic rings. The predicted octanol–water partition coefficient (Wildman–Crippen LogP) is 3.82. The summed E-state index contributed by atoms with van der Waals surface area (Å²) < 4.78 is 5.31. The van der Waals surface area contributed by atoms with Crippen molar-refractivity contribution < 1.29 is 19.1 Å². The fourth-order valence-electron chi connectivity index (χ4n) is 4.49. The molecule has 2 aromatic heterocycles. The fraction of sp³-hybridized carbons (Fsp3) is 0.240. The Balaban J connectivity index is 1.45. The normalized spacial score (nSPS) is 17.1. The molecule has 0 radical (unpaired) electrons. The van der Waals surface area contributed by atoms with Gasteiger partial charge < -0.3 is 15.8 Å². The van der Waals surface area contributed by atoms with E-state index in [1.54, 1.807) is 40.7 Å². The van der Waals surface area contributed by atoms with E-state index in [2.05, 4.69) is 26.6 Å². The first-order valence-electron chi connectivity index (χ1n) is 11.7. The number of ether oxygens (including phenoxy) is 1. The summed E-state index contributed by atoms with van der Waals surface area (Å²) in [5.41, 5.74) is 8.99. The highest BCUT2D eigenvalue weighted by Crippen LogP contribution is 2.47. The number of hydrogen-bond acceptors (Lipinski definition) is 13. The Morgan fingerprint density at radius 1 is 1.28 bits per heavy atom. The molecule has 0 saturated heterocycles. The van der Waals surface area contributed by atoms with Gasteiger partial charge in [0, 0.05) is 29.3 Å². The van der Waals surface area contributed by atoms with Crippen LogP contribution < -0.4 is 16.0 Å². The first-order valence-corrected chi connectivity index (χ1v) is 14.4. The van der Waals surface area contributed by atoms with Crippen molar-refractivity contribution in [3.63, 3.8) is 0 Å². The summed E-state index contributed by atoms with van der Waals surface area (Å²) in [5, 5.41) is 24.1. The molecule has 1 unspecified atom stereocenters. The van der Waals surface area contributed by atoms with Gasteiger partial charge in [-0.3, -0.25) is 14.5 Å². The van der Waals surface area contributed by atoms with Crippen molar-refractivity contribution in [1.82, 2.24) is 15.2 Å². The van der Waals surface area contributed by atoms with Gasteiger partial charge in [-0.15, -0.1) is 21.5 Å². The molecule has 0 fully saturated rings. The van der Waals surface area contributed by atoms with Gasteiger partial charge in [-0.1, -0.05) is 35.2 Å². The first kappa shape index (κ1) is 26.5. The van der Waals surface area contributed by atoms with E-state index in [1.165, 1.54) is 41.5 Å². The van der Waals surface area contributed by atoms with E-state index in [4.69, 9.17) is 10.5 Å². The summed E-state index contributed by atoms with van der Waals surface area (Å²) in [7, 11) is 1.30. The second kappa shape index (κ2) is 11.4. The number of methoxy groups -OCH3 is 1. The lowest BCUT2D eigenvalue weighted by Crippen LogP contribution is -2.38. The van der Waals surface area contributed by atoms with Crippen molar-refractivity contribution in [1.29, 1.82) is 5.26 Å². The third-order valence-corrected chi connectivity index (χ3v) is 8.90. The van der Waals surface area contributed by atoms with Crippen LogP contribution in [0.25, 0.3) is 0 Å². The molecule has 39 heavy (non-hydrogen) atoms. The molecule has 0 saturated carbocycles. The molecule has 1 aromatic carbocycles. The zero-order valence-electron chi connectivity index (χ0n) is 20.5. The number of nitriles is 1. The number of benzene rings is 1. The average Bonchev–Trinajstić information content (AvgIpc) is 3.63. The summed E-state index contributed by atoms with van der Waals surface area (Å²) in [6.45, 7) is 0. The highest BCUT2D eigenvalue weighted by Gasteiger charge is 2.41. The fourth-order valence-corrected chi connectivity index (χ4v) is 6.71. The summed E-state index contributed by atoms with van der Waals surface area (Å²) in [6.07, 6.45) is 3.16. The maximum atomic E-state index is 13.3. The van der Waals surface area contributed by atoms with Crippen molar-refractivity contribution in [2.24, 2.45) is 5.73 Å². The molecule has 3 heterocycles. The molecular weight excluding hydrogens is 559 g/mol. The molecule has 2 aliphatic rings. The third kappa shape index (κ3) is 5.29. The molecule has 5 rings (SSSR count). The summed E-state index contributed by atoms with van der Waals surface area (Å²) >= 11 is 3.76. The number of nitrogens with zero attached hydrogens (tertiary/aromatic N) is 5. The minimum absolute atomic E-state index is 0.0680. The number of Topliss-reactive ketones (excluding diaryl/α,β-unsaturated/α-hetero) is 1. The Labute approximate surface area is 235 Å². The van der Waals surface area contributed by atoms with Crippen LogP contribution in [-0.2, 0) is 14.3 Å². The van der Waals surface area contributed by atoms with Crippen LogP contribution in [0.15, 0.2) is 62.8 Å². The van der Waals surface area contributed by atoms with Crippen LogP contribution in [0, 0.1) is 11.3 Å². The lowest BCUT2D eigenvalue weighted by atomic mass is 9.75. The van der Waals surface area contributed by atoms with Crippen molar-refractivity contribution in [2.45, 2.75) is 29.5 Å². The predicted molar refractivity (Wildman–Crippen MR) is 147 cm³/mol. The number of thiazole rings is 1.